The van der Waals surface area contributed by atoms with Gasteiger partial charge in [-0.25, -0.2) is 10.1 Å². The van der Waals surface area contributed by atoms with Crippen molar-refractivity contribution < 1.29 is 9.59 Å². The maximum atomic E-state index is 10.9. The van der Waals surface area contributed by atoms with Crippen LogP contribution in [0.4, 0.5) is 11.1 Å². The fourth-order valence-corrected chi connectivity index (χ4v) is 2.86. The zero-order chi connectivity index (χ0) is 13.8. The van der Waals surface area contributed by atoms with Crippen molar-refractivity contribution in [3.63, 3.8) is 0 Å². The molecule has 8 nitrogen and oxygen atoms in total. The first-order valence-electron chi connectivity index (χ1n) is 5.14. The van der Waals surface area contributed by atoms with Crippen LogP contribution in [0.2, 0.25) is 0 Å². The molecule has 2 rings (SSSR count). The van der Waals surface area contributed by atoms with Gasteiger partial charge >= 0.3 is 0 Å². The lowest BCUT2D eigenvalue weighted by atomic mass is 10.7. The number of thiazole rings is 1. The van der Waals surface area contributed by atoms with Crippen LogP contribution in [0.15, 0.2) is 15.6 Å². The van der Waals surface area contributed by atoms with E-state index >= 15 is 0 Å². The predicted octanol–water partition coefficient (Wildman–Crippen LogP) is 1.33. The lowest BCUT2D eigenvalue weighted by molar-refractivity contribution is -0.115. The quantitative estimate of drug-likeness (QED) is 0.785. The molecule has 0 bridgehead atoms. The van der Waals surface area contributed by atoms with Gasteiger partial charge in [0, 0.05) is 13.8 Å². The van der Waals surface area contributed by atoms with Gasteiger partial charge in [0.05, 0.1) is 10.4 Å². The molecule has 0 fully saturated rings. The zero-order valence-corrected chi connectivity index (χ0v) is 11.7. The van der Waals surface area contributed by atoms with Gasteiger partial charge in [-0.2, -0.15) is 4.98 Å². The second-order valence-electron chi connectivity index (χ2n) is 3.42. The van der Waals surface area contributed by atoms with Crippen molar-refractivity contribution in [1.82, 2.24) is 20.2 Å². The molecule has 0 aliphatic carbocycles. The Balaban J connectivity index is 2.00. The molecule has 0 radical (unpaired) electrons. The average Bonchev–Trinajstić information content (AvgIpc) is 2.88. The van der Waals surface area contributed by atoms with E-state index in [1.807, 2.05) is 0 Å². The summed E-state index contributed by atoms with van der Waals surface area (Å²) < 4.78 is 0.831. The van der Waals surface area contributed by atoms with Crippen LogP contribution in [-0.4, -0.2) is 32.0 Å². The predicted molar refractivity (Wildman–Crippen MR) is 71.2 cm³/mol. The Morgan fingerprint density at radius 3 is 2.74 bits per heavy atom. The van der Waals surface area contributed by atoms with E-state index in [0.717, 1.165) is 4.21 Å². The van der Waals surface area contributed by atoms with Gasteiger partial charge in [0.1, 0.15) is 0 Å². The van der Waals surface area contributed by atoms with E-state index in [1.165, 1.54) is 36.9 Å². The molecule has 0 aliphatic rings. The normalized spacial score (nSPS) is 10.2. The standard InChI is InChI=1S/C9H10N6O2S2/c1-4(16)11-7-13-9(15-14-7)19-6-3-10-8(18-6)12-5(2)17/h3H,1-2H3,(H,10,12,17)(H2,11,13,14,15,16). The van der Waals surface area contributed by atoms with Gasteiger partial charge in [0.2, 0.25) is 22.9 Å². The van der Waals surface area contributed by atoms with Crippen molar-refractivity contribution >= 4 is 46.0 Å². The SMILES string of the molecule is CC(=O)Nc1nc(Sc2cnc(NC(C)=O)s2)n[nH]1. The summed E-state index contributed by atoms with van der Waals surface area (Å²) in [7, 11) is 0. The number of H-pyrrole nitrogens is 1. The number of rotatable bonds is 4. The molecule has 3 N–H and O–H groups in total. The van der Waals surface area contributed by atoms with Crippen LogP contribution in [0.5, 0.6) is 0 Å². The molecule has 100 valence electrons. The molecule has 10 heteroatoms. The Hall–Kier alpha value is -1.94. The van der Waals surface area contributed by atoms with Crippen LogP contribution in [0, 0.1) is 0 Å². The Bertz CT molecular complexity index is 555. The lowest BCUT2D eigenvalue weighted by Gasteiger charge is -1.93. The molecule has 19 heavy (non-hydrogen) atoms. The largest absolute Gasteiger partial charge is 0.302 e. The molecule has 0 aromatic carbocycles. The number of carbonyl (C=O) groups is 2. The second-order valence-corrected chi connectivity index (χ2v) is 5.71. The van der Waals surface area contributed by atoms with E-state index in [9.17, 15) is 9.59 Å². The van der Waals surface area contributed by atoms with Gasteiger partial charge in [0.25, 0.3) is 0 Å². The molecule has 0 aliphatic heterocycles. The van der Waals surface area contributed by atoms with Crippen molar-refractivity contribution in [1.29, 1.82) is 0 Å². The molecule has 0 atom stereocenters. The van der Waals surface area contributed by atoms with E-state index in [0.29, 0.717) is 16.2 Å². The third kappa shape index (κ3) is 4.03. The Morgan fingerprint density at radius 2 is 2.05 bits per heavy atom. The molecule has 0 spiro atoms. The fourth-order valence-electron chi connectivity index (χ4n) is 1.12. The van der Waals surface area contributed by atoms with Crippen molar-refractivity contribution in [2.45, 2.75) is 23.2 Å². The van der Waals surface area contributed by atoms with Crippen LogP contribution in [0.1, 0.15) is 13.8 Å². The second kappa shape index (κ2) is 5.80. The number of carbonyl (C=O) groups excluding carboxylic acids is 2. The smallest absolute Gasteiger partial charge is 0.226 e. The molecule has 0 saturated heterocycles. The van der Waals surface area contributed by atoms with Gasteiger partial charge in [0.15, 0.2) is 5.13 Å². The van der Waals surface area contributed by atoms with Gasteiger partial charge in [-0.3, -0.25) is 14.9 Å². The van der Waals surface area contributed by atoms with E-state index in [-0.39, 0.29) is 11.8 Å². The molecular formula is C9H10N6O2S2. The molecular weight excluding hydrogens is 288 g/mol. The first-order chi connectivity index (χ1) is 9.02. The van der Waals surface area contributed by atoms with Crippen LogP contribution in [0.3, 0.4) is 0 Å². The van der Waals surface area contributed by atoms with Crippen molar-refractivity contribution in [2.75, 3.05) is 10.6 Å². The number of anilines is 2. The number of nitrogens with one attached hydrogen (secondary N) is 3. The number of aromatic amines is 1. The molecule has 2 aromatic rings. The average molecular weight is 298 g/mol. The topological polar surface area (TPSA) is 113 Å². The van der Waals surface area contributed by atoms with Gasteiger partial charge in [-0.05, 0) is 11.8 Å². The molecule has 0 saturated carbocycles. The highest BCUT2D eigenvalue weighted by molar-refractivity contribution is 8.01. The summed E-state index contributed by atoms with van der Waals surface area (Å²) in [5.74, 6) is -0.100. The summed E-state index contributed by atoms with van der Waals surface area (Å²) in [6.45, 7) is 2.81. The summed E-state index contributed by atoms with van der Waals surface area (Å²) in [5, 5.41) is 12.6. The van der Waals surface area contributed by atoms with Crippen molar-refractivity contribution in [2.24, 2.45) is 0 Å². The number of hydrogen-bond acceptors (Lipinski definition) is 7. The minimum Gasteiger partial charge on any atom is -0.302 e. The zero-order valence-electron chi connectivity index (χ0n) is 10.1. The monoisotopic (exact) mass is 298 g/mol. The highest BCUT2D eigenvalue weighted by Crippen LogP contribution is 2.32. The summed E-state index contributed by atoms with van der Waals surface area (Å²) in [6.07, 6.45) is 1.62. The lowest BCUT2D eigenvalue weighted by Crippen LogP contribution is -2.06. The maximum Gasteiger partial charge on any atom is 0.226 e. The molecule has 0 unspecified atom stereocenters. The van der Waals surface area contributed by atoms with Gasteiger partial charge < -0.3 is 5.32 Å². The van der Waals surface area contributed by atoms with Crippen LogP contribution in [0.25, 0.3) is 0 Å². The van der Waals surface area contributed by atoms with Gasteiger partial charge in [-0.1, -0.05) is 11.3 Å². The third-order valence-electron chi connectivity index (χ3n) is 1.72. The number of aromatic nitrogens is 4. The van der Waals surface area contributed by atoms with Gasteiger partial charge in [-0.15, -0.1) is 5.10 Å². The third-order valence-corrected chi connectivity index (χ3v) is 3.60. The number of nitrogens with zero attached hydrogens (tertiary/aromatic N) is 3. The molecule has 2 aromatic heterocycles. The number of hydrogen-bond donors (Lipinski definition) is 3. The minimum absolute atomic E-state index is 0.170. The Morgan fingerprint density at radius 1 is 1.32 bits per heavy atom. The van der Waals surface area contributed by atoms with Crippen LogP contribution in [-0.2, 0) is 9.59 Å². The van der Waals surface area contributed by atoms with Crippen molar-refractivity contribution in [3.05, 3.63) is 6.20 Å². The first kappa shape index (κ1) is 13.5. The summed E-state index contributed by atoms with van der Waals surface area (Å²) in [5.41, 5.74) is 0. The number of amides is 2. The minimum atomic E-state index is -0.224. The molecule has 2 heterocycles. The van der Waals surface area contributed by atoms with E-state index in [4.69, 9.17) is 0 Å². The highest BCUT2D eigenvalue weighted by atomic mass is 32.2. The van der Waals surface area contributed by atoms with E-state index < -0.39 is 0 Å². The van der Waals surface area contributed by atoms with Crippen LogP contribution >= 0.6 is 23.1 Å². The summed E-state index contributed by atoms with van der Waals surface area (Å²) in [6, 6.07) is 0. The first-order valence-corrected chi connectivity index (χ1v) is 6.77. The Labute approximate surface area is 116 Å². The highest BCUT2D eigenvalue weighted by Gasteiger charge is 2.09. The van der Waals surface area contributed by atoms with Crippen LogP contribution < -0.4 is 10.6 Å². The molecule has 2 amide bonds. The maximum absolute atomic E-state index is 10.9. The summed E-state index contributed by atoms with van der Waals surface area (Å²) in [4.78, 5) is 29.8. The summed E-state index contributed by atoms with van der Waals surface area (Å²) >= 11 is 2.60. The van der Waals surface area contributed by atoms with E-state index in [2.05, 4.69) is 30.8 Å². The van der Waals surface area contributed by atoms with E-state index in [1.54, 1.807) is 6.20 Å². The fraction of sp³-hybridized carbons (Fsp3) is 0.222. The van der Waals surface area contributed by atoms with Crippen molar-refractivity contribution in [3.8, 4) is 0 Å². The Kier molecular flexibility index (Phi) is 4.12.